The molecule has 25 heavy (non-hydrogen) atoms. The Morgan fingerprint density at radius 1 is 1.20 bits per heavy atom. The van der Waals surface area contributed by atoms with Gasteiger partial charge in [0, 0.05) is 43.5 Å². The molecule has 1 atom stereocenters. The zero-order valence-corrected chi connectivity index (χ0v) is 15.5. The van der Waals surface area contributed by atoms with E-state index in [-0.39, 0.29) is 0 Å². The van der Waals surface area contributed by atoms with Crippen molar-refractivity contribution in [2.75, 3.05) is 13.1 Å². The van der Waals surface area contributed by atoms with Gasteiger partial charge in [-0.15, -0.1) is 21.5 Å². The molecule has 0 aliphatic carbocycles. The smallest absolute Gasteiger partial charge is 0.152 e. The Labute approximate surface area is 151 Å². The molecule has 0 spiro atoms. The summed E-state index contributed by atoms with van der Waals surface area (Å²) in [6.07, 6.45) is 8.06. The molecule has 1 saturated heterocycles. The molecule has 1 aliphatic heterocycles. The maximum Gasteiger partial charge on any atom is 0.152 e. The highest BCUT2D eigenvalue weighted by molar-refractivity contribution is 7.09. The van der Waals surface area contributed by atoms with Crippen LogP contribution in [0.4, 0.5) is 0 Å². The van der Waals surface area contributed by atoms with Crippen molar-refractivity contribution < 1.29 is 0 Å². The first-order valence-corrected chi connectivity index (χ1v) is 9.55. The molecule has 7 nitrogen and oxygen atoms in total. The SMILES string of the molecule is Cc1nccn1Cc1nnc([C@@H]2CCCN(Cc3nccs3)C2)n1C. The van der Waals surface area contributed by atoms with E-state index in [1.807, 2.05) is 30.9 Å². The first kappa shape index (κ1) is 16.4. The van der Waals surface area contributed by atoms with Crippen LogP contribution in [0.15, 0.2) is 24.0 Å². The number of aromatic nitrogens is 6. The lowest BCUT2D eigenvalue weighted by molar-refractivity contribution is 0.195. The molecule has 0 unspecified atom stereocenters. The molecule has 0 bridgehead atoms. The number of rotatable bonds is 5. The van der Waals surface area contributed by atoms with Crippen molar-refractivity contribution in [2.45, 2.75) is 38.8 Å². The number of imidazole rings is 1. The first-order valence-electron chi connectivity index (χ1n) is 8.67. The van der Waals surface area contributed by atoms with Crippen LogP contribution < -0.4 is 0 Å². The maximum absolute atomic E-state index is 4.52. The molecule has 4 heterocycles. The summed E-state index contributed by atoms with van der Waals surface area (Å²) < 4.78 is 4.26. The Balaban J connectivity index is 1.47. The number of hydrogen-bond acceptors (Lipinski definition) is 6. The third-order valence-corrected chi connectivity index (χ3v) is 5.71. The first-order chi connectivity index (χ1) is 12.2. The summed E-state index contributed by atoms with van der Waals surface area (Å²) in [7, 11) is 2.08. The van der Waals surface area contributed by atoms with Gasteiger partial charge in [-0.05, 0) is 26.3 Å². The van der Waals surface area contributed by atoms with Crippen LogP contribution >= 0.6 is 11.3 Å². The zero-order valence-electron chi connectivity index (χ0n) is 14.7. The third kappa shape index (κ3) is 3.50. The standard InChI is InChI=1S/C17H23N7S/c1-13-18-5-8-24(13)11-15-20-21-17(22(15)2)14-4-3-7-23(10-14)12-16-19-6-9-25-16/h5-6,8-9,14H,3-4,7,10-12H2,1-2H3/t14-/m1/s1. The largest absolute Gasteiger partial charge is 0.328 e. The molecule has 0 saturated carbocycles. The van der Waals surface area contributed by atoms with Gasteiger partial charge in [0.15, 0.2) is 5.82 Å². The predicted molar refractivity (Wildman–Crippen MR) is 96.4 cm³/mol. The highest BCUT2D eigenvalue weighted by Gasteiger charge is 2.26. The molecule has 0 amide bonds. The number of likely N-dealkylation sites (tertiary alicyclic amines) is 1. The Morgan fingerprint density at radius 3 is 2.88 bits per heavy atom. The molecule has 0 aromatic carbocycles. The van der Waals surface area contributed by atoms with Crippen molar-refractivity contribution in [3.63, 3.8) is 0 Å². The van der Waals surface area contributed by atoms with E-state index >= 15 is 0 Å². The highest BCUT2D eigenvalue weighted by atomic mass is 32.1. The van der Waals surface area contributed by atoms with Gasteiger partial charge in [-0.3, -0.25) is 4.90 Å². The molecule has 132 valence electrons. The van der Waals surface area contributed by atoms with Crippen LogP contribution in [0.25, 0.3) is 0 Å². The molecule has 1 fully saturated rings. The number of aryl methyl sites for hydroxylation is 1. The van der Waals surface area contributed by atoms with Crippen LogP contribution in [0.3, 0.4) is 0 Å². The molecule has 4 rings (SSSR count). The minimum Gasteiger partial charge on any atom is -0.328 e. The molecule has 0 radical (unpaired) electrons. The topological polar surface area (TPSA) is 64.7 Å². The lowest BCUT2D eigenvalue weighted by Crippen LogP contribution is -2.34. The molecule has 1 aliphatic rings. The average molecular weight is 357 g/mol. The van der Waals surface area contributed by atoms with E-state index in [2.05, 4.69) is 41.2 Å². The van der Waals surface area contributed by atoms with Crippen LogP contribution in [-0.2, 0) is 20.1 Å². The Morgan fingerprint density at radius 2 is 2.12 bits per heavy atom. The Kier molecular flexibility index (Phi) is 4.63. The Hall–Kier alpha value is -2.06. The summed E-state index contributed by atoms with van der Waals surface area (Å²) >= 11 is 1.73. The van der Waals surface area contributed by atoms with Crippen molar-refractivity contribution in [2.24, 2.45) is 7.05 Å². The van der Waals surface area contributed by atoms with Crippen LogP contribution in [0, 0.1) is 6.92 Å². The summed E-state index contributed by atoms with van der Waals surface area (Å²) in [6.45, 7) is 5.82. The van der Waals surface area contributed by atoms with E-state index in [9.17, 15) is 0 Å². The minimum absolute atomic E-state index is 0.434. The van der Waals surface area contributed by atoms with E-state index in [0.29, 0.717) is 12.5 Å². The Bertz CT molecular complexity index is 820. The lowest BCUT2D eigenvalue weighted by Gasteiger charge is -2.31. The van der Waals surface area contributed by atoms with Crippen molar-refractivity contribution in [1.82, 2.24) is 34.2 Å². The van der Waals surface area contributed by atoms with Gasteiger partial charge in [-0.25, -0.2) is 9.97 Å². The van der Waals surface area contributed by atoms with Crippen molar-refractivity contribution in [1.29, 1.82) is 0 Å². The summed E-state index contributed by atoms with van der Waals surface area (Å²) in [4.78, 5) is 11.2. The van der Waals surface area contributed by atoms with Gasteiger partial charge in [0.1, 0.15) is 16.7 Å². The van der Waals surface area contributed by atoms with Crippen LogP contribution in [-0.4, -0.2) is 47.3 Å². The van der Waals surface area contributed by atoms with Crippen LogP contribution in [0.1, 0.15) is 41.2 Å². The van der Waals surface area contributed by atoms with Crippen molar-refractivity contribution in [3.8, 4) is 0 Å². The van der Waals surface area contributed by atoms with Gasteiger partial charge in [0.25, 0.3) is 0 Å². The van der Waals surface area contributed by atoms with Crippen LogP contribution in [0.5, 0.6) is 0 Å². The minimum atomic E-state index is 0.434. The van der Waals surface area contributed by atoms with Gasteiger partial charge in [-0.1, -0.05) is 0 Å². The van der Waals surface area contributed by atoms with Gasteiger partial charge in [0.05, 0.1) is 13.1 Å². The van der Waals surface area contributed by atoms with Gasteiger partial charge >= 0.3 is 0 Å². The lowest BCUT2D eigenvalue weighted by atomic mass is 9.97. The van der Waals surface area contributed by atoms with Crippen molar-refractivity contribution >= 4 is 11.3 Å². The van der Waals surface area contributed by atoms with Gasteiger partial charge < -0.3 is 9.13 Å². The number of hydrogen-bond donors (Lipinski definition) is 0. The number of piperidine rings is 1. The summed E-state index contributed by atoms with van der Waals surface area (Å²) in [5.41, 5.74) is 0. The fourth-order valence-electron chi connectivity index (χ4n) is 3.52. The maximum atomic E-state index is 4.52. The highest BCUT2D eigenvalue weighted by Crippen LogP contribution is 2.27. The second kappa shape index (κ2) is 7.05. The summed E-state index contributed by atoms with van der Waals surface area (Å²) in [6, 6.07) is 0. The zero-order chi connectivity index (χ0) is 17.2. The quantitative estimate of drug-likeness (QED) is 0.700. The second-order valence-electron chi connectivity index (χ2n) is 6.64. The number of nitrogens with zero attached hydrogens (tertiary/aromatic N) is 7. The third-order valence-electron chi connectivity index (χ3n) is 4.95. The van der Waals surface area contributed by atoms with E-state index < -0.39 is 0 Å². The van der Waals surface area contributed by atoms with E-state index in [0.717, 1.165) is 37.1 Å². The molecule has 0 N–H and O–H groups in total. The van der Waals surface area contributed by atoms with Gasteiger partial charge in [0.2, 0.25) is 0 Å². The summed E-state index contributed by atoms with van der Waals surface area (Å²) in [5.74, 6) is 3.51. The molecule has 3 aromatic rings. The van der Waals surface area contributed by atoms with E-state index in [1.54, 1.807) is 11.3 Å². The van der Waals surface area contributed by atoms with Crippen LogP contribution in [0.2, 0.25) is 0 Å². The van der Waals surface area contributed by atoms with E-state index in [4.69, 9.17) is 0 Å². The second-order valence-corrected chi connectivity index (χ2v) is 7.62. The number of thiazole rings is 1. The fourth-order valence-corrected chi connectivity index (χ4v) is 4.18. The summed E-state index contributed by atoms with van der Waals surface area (Å²) in [5, 5.41) is 12.2. The average Bonchev–Trinajstić information content (AvgIpc) is 3.33. The predicted octanol–water partition coefficient (Wildman–Crippen LogP) is 2.20. The molecular formula is C17H23N7S. The van der Waals surface area contributed by atoms with Crippen molar-refractivity contribution in [3.05, 3.63) is 46.5 Å². The molecule has 8 heteroatoms. The fraction of sp³-hybridized carbons (Fsp3) is 0.529. The van der Waals surface area contributed by atoms with E-state index in [1.165, 1.54) is 17.8 Å². The monoisotopic (exact) mass is 357 g/mol. The molecule has 3 aromatic heterocycles. The van der Waals surface area contributed by atoms with Gasteiger partial charge in [-0.2, -0.15) is 0 Å². The molecular weight excluding hydrogens is 334 g/mol. The normalized spacial score (nSPS) is 18.7.